The average Bonchev–Trinajstić information content (AvgIpc) is 3.22. The average molecular weight is 671 g/mol. The maximum absolute atomic E-state index is 4.85. The maximum atomic E-state index is 4.85. The van der Waals surface area contributed by atoms with Crippen LogP contribution in [0.1, 0.15) is 0 Å². The van der Waals surface area contributed by atoms with E-state index in [-0.39, 0.29) is 0 Å². The maximum Gasteiger partial charge on any atom is 0.200 e. The zero-order chi connectivity index (χ0) is 34.7. The lowest BCUT2D eigenvalue weighted by Crippen LogP contribution is -2.09. The minimum atomic E-state index is 0.410. The molecule has 0 unspecified atom stereocenters. The Labute approximate surface area is 300 Å². The lowest BCUT2D eigenvalue weighted by atomic mass is 10.1. The number of aromatic nitrogens is 6. The van der Waals surface area contributed by atoms with Crippen LogP contribution in [0.5, 0.6) is 0 Å². The second kappa shape index (κ2) is 13.5. The molecule has 3 aromatic heterocycles. The van der Waals surface area contributed by atoms with E-state index < -0.39 is 0 Å². The molecular weight excluding hydrogens is 641 g/mol. The summed E-state index contributed by atoms with van der Waals surface area (Å²) >= 11 is 0. The quantitative estimate of drug-likeness (QED) is 0.148. The molecule has 0 saturated carbocycles. The van der Waals surface area contributed by atoms with Crippen LogP contribution in [-0.2, 0) is 0 Å². The Balaban J connectivity index is 1.02. The lowest BCUT2D eigenvalue weighted by molar-refractivity contribution is 1.14. The molecule has 52 heavy (non-hydrogen) atoms. The summed E-state index contributed by atoms with van der Waals surface area (Å²) < 4.78 is 0. The van der Waals surface area contributed by atoms with E-state index in [4.69, 9.17) is 15.0 Å². The molecule has 0 aliphatic heterocycles. The Morgan fingerprint density at radius 1 is 0.269 bits per heavy atom. The van der Waals surface area contributed by atoms with Crippen LogP contribution in [0.3, 0.4) is 0 Å². The van der Waals surface area contributed by atoms with Crippen molar-refractivity contribution in [1.29, 1.82) is 0 Å². The minimum absolute atomic E-state index is 0.410. The van der Waals surface area contributed by atoms with Crippen LogP contribution >= 0.6 is 0 Å². The first-order valence-electron chi connectivity index (χ1n) is 17.0. The zero-order valence-corrected chi connectivity index (χ0v) is 27.9. The number of anilines is 6. The fourth-order valence-electron chi connectivity index (χ4n) is 6.30. The number of hydrogen-bond donors (Lipinski definition) is 0. The van der Waals surface area contributed by atoms with Crippen LogP contribution in [-0.4, -0.2) is 29.9 Å². The first kappa shape index (κ1) is 30.7. The molecule has 0 saturated heterocycles. The molecule has 9 aromatic rings. The van der Waals surface area contributed by atoms with Gasteiger partial charge in [0.25, 0.3) is 0 Å². The van der Waals surface area contributed by atoms with Gasteiger partial charge in [-0.05, 0) is 72.8 Å². The summed E-state index contributed by atoms with van der Waals surface area (Å²) in [5.74, 6) is 0. The molecule has 0 aliphatic carbocycles. The van der Waals surface area contributed by atoms with Crippen molar-refractivity contribution in [1.82, 2.24) is 29.9 Å². The van der Waals surface area contributed by atoms with Crippen molar-refractivity contribution in [3.63, 3.8) is 0 Å². The topological polar surface area (TPSA) is 83.8 Å². The van der Waals surface area contributed by atoms with E-state index in [0.717, 1.165) is 45.3 Å². The summed E-state index contributed by atoms with van der Waals surface area (Å²) in [6, 6.07) is 57.9. The molecular formula is C44H30N8. The predicted octanol–water partition coefficient (Wildman–Crippen LogP) is 10.6. The summed E-state index contributed by atoms with van der Waals surface area (Å²) in [7, 11) is 0. The Morgan fingerprint density at radius 3 is 0.885 bits per heavy atom. The lowest BCUT2D eigenvalue weighted by Gasteiger charge is -2.25. The normalized spacial score (nSPS) is 11.1. The molecule has 3 heterocycles. The molecule has 0 bridgehead atoms. The van der Waals surface area contributed by atoms with Crippen LogP contribution in [0.15, 0.2) is 182 Å². The molecule has 0 aliphatic rings. The van der Waals surface area contributed by atoms with Crippen LogP contribution in [0.4, 0.5) is 34.1 Å². The van der Waals surface area contributed by atoms with E-state index in [0.29, 0.717) is 34.0 Å². The summed E-state index contributed by atoms with van der Waals surface area (Å²) in [5.41, 5.74) is 11.2. The second-order valence-corrected chi connectivity index (χ2v) is 12.1. The number of rotatable bonds is 8. The van der Waals surface area contributed by atoms with Gasteiger partial charge < -0.3 is 9.80 Å². The summed E-state index contributed by atoms with van der Waals surface area (Å²) in [6.07, 6.45) is 3.45. The van der Waals surface area contributed by atoms with E-state index >= 15 is 0 Å². The highest BCUT2D eigenvalue weighted by Crippen LogP contribution is 2.36. The molecule has 6 aromatic carbocycles. The Hall–Kier alpha value is -7.32. The molecule has 9 rings (SSSR count). The smallest absolute Gasteiger partial charge is 0.200 e. The molecule has 8 nitrogen and oxygen atoms in total. The van der Waals surface area contributed by atoms with E-state index in [1.807, 2.05) is 72.8 Å². The van der Waals surface area contributed by atoms with E-state index in [1.165, 1.54) is 0 Å². The second-order valence-electron chi connectivity index (χ2n) is 12.1. The third kappa shape index (κ3) is 6.05. The number of benzene rings is 6. The monoisotopic (exact) mass is 670 g/mol. The molecule has 0 radical (unpaired) electrons. The Morgan fingerprint density at radius 2 is 0.558 bits per heavy atom. The van der Waals surface area contributed by atoms with Crippen molar-refractivity contribution < 1.29 is 0 Å². The number of fused-ring (bicyclic) bond motifs is 2. The van der Waals surface area contributed by atoms with Gasteiger partial charge in [-0.3, -0.25) is 0 Å². The highest BCUT2D eigenvalue weighted by molar-refractivity contribution is 5.82. The first-order valence-corrected chi connectivity index (χ1v) is 17.0. The summed E-state index contributed by atoms with van der Waals surface area (Å²) in [6.45, 7) is 0. The van der Waals surface area contributed by atoms with Gasteiger partial charge in [-0.25, -0.2) is 29.9 Å². The van der Waals surface area contributed by atoms with Crippen molar-refractivity contribution in [3.05, 3.63) is 182 Å². The van der Waals surface area contributed by atoms with E-state index in [1.54, 1.807) is 12.4 Å². The number of hydrogen-bond acceptors (Lipinski definition) is 8. The van der Waals surface area contributed by atoms with Gasteiger partial charge in [0.15, 0.2) is 11.3 Å². The molecule has 0 fully saturated rings. The van der Waals surface area contributed by atoms with Gasteiger partial charge in [0.1, 0.15) is 0 Å². The minimum Gasteiger partial charge on any atom is -0.311 e. The summed E-state index contributed by atoms with van der Waals surface area (Å²) in [4.78, 5) is 32.8. The van der Waals surface area contributed by atoms with Gasteiger partial charge in [-0.1, -0.05) is 97.1 Å². The molecule has 0 spiro atoms. The standard InChI is InChI=1S/C44H30N8/c1-5-13-33(14-6-1)51(34-15-7-2-8-16-34)37-25-21-31(22-26-37)39-29-45-41-43(47-39)50-44-42(49-41)46-30-40(48-44)32-23-27-38(28-24-32)52(35-17-9-3-10-18-35)36-19-11-4-12-20-36/h1-30H. The predicted molar refractivity (Wildman–Crippen MR) is 208 cm³/mol. The summed E-state index contributed by atoms with van der Waals surface area (Å²) in [5, 5.41) is 0. The van der Waals surface area contributed by atoms with Crippen molar-refractivity contribution in [2.45, 2.75) is 0 Å². The van der Waals surface area contributed by atoms with Crippen LogP contribution < -0.4 is 9.80 Å². The highest BCUT2D eigenvalue weighted by Gasteiger charge is 2.15. The van der Waals surface area contributed by atoms with Gasteiger partial charge in [0, 0.05) is 45.3 Å². The van der Waals surface area contributed by atoms with Gasteiger partial charge in [-0.2, -0.15) is 0 Å². The van der Waals surface area contributed by atoms with Gasteiger partial charge in [-0.15, -0.1) is 0 Å². The van der Waals surface area contributed by atoms with Crippen LogP contribution in [0.2, 0.25) is 0 Å². The molecule has 8 heteroatoms. The Kier molecular flexibility index (Phi) is 7.99. The molecule has 0 amide bonds. The Bertz CT molecular complexity index is 2340. The number of nitrogens with zero attached hydrogens (tertiary/aromatic N) is 8. The third-order valence-electron chi connectivity index (χ3n) is 8.79. The van der Waals surface area contributed by atoms with E-state index in [2.05, 4.69) is 122 Å². The van der Waals surface area contributed by atoms with Crippen molar-refractivity contribution in [2.24, 2.45) is 0 Å². The highest BCUT2D eigenvalue weighted by atomic mass is 15.1. The van der Waals surface area contributed by atoms with Crippen molar-refractivity contribution >= 4 is 56.7 Å². The van der Waals surface area contributed by atoms with Gasteiger partial charge in [0.2, 0.25) is 11.3 Å². The van der Waals surface area contributed by atoms with Crippen molar-refractivity contribution in [2.75, 3.05) is 9.80 Å². The largest absolute Gasteiger partial charge is 0.311 e. The zero-order valence-electron chi connectivity index (χ0n) is 27.9. The molecule has 246 valence electrons. The fraction of sp³-hybridized carbons (Fsp3) is 0. The third-order valence-corrected chi connectivity index (χ3v) is 8.79. The SMILES string of the molecule is c1ccc(N(c2ccccc2)c2ccc(-c3cnc4nc5ncc(-c6ccc(N(c7ccccc7)c7ccccc7)cc6)nc5nc4n3)cc2)cc1. The van der Waals surface area contributed by atoms with E-state index in [9.17, 15) is 0 Å². The van der Waals surface area contributed by atoms with Crippen LogP contribution in [0, 0.1) is 0 Å². The fourth-order valence-corrected chi connectivity index (χ4v) is 6.30. The first-order chi connectivity index (χ1) is 25.8. The van der Waals surface area contributed by atoms with Gasteiger partial charge >= 0.3 is 0 Å². The van der Waals surface area contributed by atoms with Gasteiger partial charge in [0.05, 0.1) is 23.8 Å². The van der Waals surface area contributed by atoms with Crippen LogP contribution in [0.25, 0.3) is 45.1 Å². The number of para-hydroxylation sites is 4. The molecule has 0 N–H and O–H groups in total. The van der Waals surface area contributed by atoms with Crippen molar-refractivity contribution in [3.8, 4) is 22.5 Å². The molecule has 0 atom stereocenters.